The van der Waals surface area contributed by atoms with Crippen molar-refractivity contribution in [3.8, 4) is 0 Å². The molecular weight excluding hydrogens is 326 g/mol. The molecule has 2 aromatic rings. The van der Waals surface area contributed by atoms with E-state index in [0.29, 0.717) is 21.3 Å². The molecule has 2 N–H and O–H groups in total. The first-order chi connectivity index (χ1) is 9.54. The molecule has 0 radical (unpaired) electrons. The third-order valence-corrected chi connectivity index (χ3v) is 4.00. The summed E-state index contributed by atoms with van der Waals surface area (Å²) in [4.78, 5) is 1.67. The topological polar surface area (TPSA) is 29.3 Å². The lowest BCUT2D eigenvalue weighted by Crippen LogP contribution is -2.19. The van der Waals surface area contributed by atoms with Crippen molar-refractivity contribution in [2.24, 2.45) is 5.73 Å². The summed E-state index contributed by atoms with van der Waals surface area (Å²) < 4.78 is 28.2. The molecule has 0 amide bonds. The Morgan fingerprint density at radius 1 is 1.10 bits per heavy atom. The smallest absolute Gasteiger partial charge is 0.160 e. The van der Waals surface area contributed by atoms with Gasteiger partial charge < -0.3 is 10.6 Å². The van der Waals surface area contributed by atoms with E-state index >= 15 is 0 Å². The van der Waals surface area contributed by atoms with Gasteiger partial charge in [-0.05, 0) is 33.6 Å². The van der Waals surface area contributed by atoms with Gasteiger partial charge in [0.2, 0.25) is 0 Å². The summed E-state index contributed by atoms with van der Waals surface area (Å²) in [7, 11) is 1.72. The molecule has 0 unspecified atom stereocenters. The average molecular weight is 341 g/mol. The highest BCUT2D eigenvalue weighted by atomic mass is 79.9. The number of nitrogens with zero attached hydrogens (tertiary/aromatic N) is 1. The summed E-state index contributed by atoms with van der Waals surface area (Å²) in [6.45, 7) is 0.548. The highest BCUT2D eigenvalue weighted by Gasteiger charge is 2.14. The fourth-order valence-electron chi connectivity index (χ4n) is 2.00. The first-order valence-electron chi connectivity index (χ1n) is 6.16. The van der Waals surface area contributed by atoms with Crippen LogP contribution in [0.3, 0.4) is 0 Å². The van der Waals surface area contributed by atoms with Gasteiger partial charge in [-0.3, -0.25) is 0 Å². The maximum absolute atomic E-state index is 14.3. The Morgan fingerprint density at radius 2 is 1.80 bits per heavy atom. The molecule has 0 aliphatic carbocycles. The maximum Gasteiger partial charge on any atom is 0.160 e. The van der Waals surface area contributed by atoms with E-state index in [0.717, 1.165) is 0 Å². The second-order valence-electron chi connectivity index (χ2n) is 4.52. The molecule has 0 aliphatic rings. The number of rotatable bonds is 4. The van der Waals surface area contributed by atoms with E-state index < -0.39 is 0 Å². The maximum atomic E-state index is 14.3. The molecule has 0 fully saturated rings. The quantitative estimate of drug-likeness (QED) is 0.916. The van der Waals surface area contributed by atoms with E-state index in [1.807, 2.05) is 0 Å². The molecule has 0 saturated carbocycles. The van der Waals surface area contributed by atoms with Crippen molar-refractivity contribution in [1.82, 2.24) is 0 Å². The molecule has 0 bridgehead atoms. The molecule has 2 aromatic carbocycles. The number of hydrogen-bond donors (Lipinski definition) is 1. The van der Waals surface area contributed by atoms with Gasteiger partial charge in [0.15, 0.2) is 5.82 Å². The summed E-state index contributed by atoms with van der Waals surface area (Å²) in [5.41, 5.74) is 7.15. The largest absolute Gasteiger partial charge is 0.368 e. The predicted octanol–water partition coefficient (Wildman–Crippen LogP) is 3.82. The van der Waals surface area contributed by atoms with Crippen LogP contribution in [0.5, 0.6) is 0 Å². The number of anilines is 1. The molecule has 0 saturated heterocycles. The van der Waals surface area contributed by atoms with Crippen LogP contribution in [-0.2, 0) is 13.1 Å². The van der Waals surface area contributed by atoms with E-state index in [1.165, 1.54) is 6.07 Å². The Labute approximate surface area is 125 Å². The van der Waals surface area contributed by atoms with Gasteiger partial charge in [-0.2, -0.15) is 0 Å². The number of benzene rings is 2. The number of hydrogen-bond acceptors (Lipinski definition) is 2. The zero-order chi connectivity index (χ0) is 14.7. The van der Waals surface area contributed by atoms with Crippen LogP contribution in [-0.4, -0.2) is 7.05 Å². The Bertz CT molecular complexity index is 617. The second-order valence-corrected chi connectivity index (χ2v) is 5.32. The van der Waals surface area contributed by atoms with E-state index in [1.54, 1.807) is 42.3 Å². The fraction of sp³-hybridized carbons (Fsp3) is 0.200. The Hall–Kier alpha value is -1.46. The average Bonchev–Trinajstić information content (AvgIpc) is 2.44. The van der Waals surface area contributed by atoms with Crippen molar-refractivity contribution in [1.29, 1.82) is 0 Å². The first kappa shape index (κ1) is 14.9. The molecular formula is C15H15BrF2N2. The summed E-state index contributed by atoms with van der Waals surface area (Å²) in [6, 6.07) is 9.89. The minimum absolute atomic E-state index is 0.259. The summed E-state index contributed by atoms with van der Waals surface area (Å²) in [5, 5.41) is 0. The van der Waals surface area contributed by atoms with Crippen molar-refractivity contribution in [3.05, 3.63) is 63.6 Å². The van der Waals surface area contributed by atoms with Gasteiger partial charge in [-0.25, -0.2) is 8.78 Å². The van der Waals surface area contributed by atoms with Crippen LogP contribution in [0.4, 0.5) is 14.5 Å². The molecule has 0 aromatic heterocycles. The van der Waals surface area contributed by atoms with Crippen LogP contribution >= 0.6 is 15.9 Å². The van der Waals surface area contributed by atoms with Crippen LogP contribution in [0.1, 0.15) is 11.1 Å². The van der Waals surface area contributed by atoms with E-state index in [4.69, 9.17) is 5.73 Å². The second kappa shape index (κ2) is 6.33. The summed E-state index contributed by atoms with van der Waals surface area (Å²) >= 11 is 3.20. The van der Waals surface area contributed by atoms with Crippen LogP contribution in [0, 0.1) is 11.6 Å². The van der Waals surface area contributed by atoms with Crippen LogP contribution in [0.25, 0.3) is 0 Å². The molecule has 5 heteroatoms. The molecule has 0 aliphatic heterocycles. The molecule has 0 spiro atoms. The molecule has 106 valence electrons. The Balaban J connectivity index is 2.28. The van der Waals surface area contributed by atoms with Crippen molar-refractivity contribution >= 4 is 21.6 Å². The van der Waals surface area contributed by atoms with Gasteiger partial charge in [-0.1, -0.05) is 24.3 Å². The normalized spacial score (nSPS) is 10.7. The Kier molecular flexibility index (Phi) is 4.73. The van der Waals surface area contributed by atoms with Crippen LogP contribution < -0.4 is 10.6 Å². The van der Waals surface area contributed by atoms with Crippen molar-refractivity contribution < 1.29 is 8.78 Å². The molecule has 0 atom stereocenters. The summed E-state index contributed by atoms with van der Waals surface area (Å²) in [5.74, 6) is -0.677. The first-order valence-corrected chi connectivity index (χ1v) is 6.95. The highest BCUT2D eigenvalue weighted by Crippen LogP contribution is 2.29. The van der Waals surface area contributed by atoms with Crippen LogP contribution in [0.15, 0.2) is 40.9 Å². The third kappa shape index (κ3) is 2.99. The standard InChI is InChI=1S/C15H15BrF2N2/c1-20(9-11-4-2-3-5-12(11)17)13-7-6-10(8-19)14(16)15(13)18/h2-7H,8-9,19H2,1H3. The van der Waals surface area contributed by atoms with Gasteiger partial charge in [0.05, 0.1) is 10.2 Å². The predicted molar refractivity (Wildman–Crippen MR) is 80.5 cm³/mol. The van der Waals surface area contributed by atoms with Gasteiger partial charge in [0.25, 0.3) is 0 Å². The van der Waals surface area contributed by atoms with Crippen molar-refractivity contribution in [2.75, 3.05) is 11.9 Å². The van der Waals surface area contributed by atoms with E-state index in [-0.39, 0.29) is 24.7 Å². The lowest BCUT2D eigenvalue weighted by molar-refractivity contribution is 0.598. The highest BCUT2D eigenvalue weighted by molar-refractivity contribution is 9.10. The number of halogens is 3. The van der Waals surface area contributed by atoms with Crippen molar-refractivity contribution in [2.45, 2.75) is 13.1 Å². The zero-order valence-electron chi connectivity index (χ0n) is 11.0. The SMILES string of the molecule is CN(Cc1ccccc1F)c1ccc(CN)c(Br)c1F. The molecule has 20 heavy (non-hydrogen) atoms. The zero-order valence-corrected chi connectivity index (χ0v) is 12.6. The van der Waals surface area contributed by atoms with Gasteiger partial charge in [-0.15, -0.1) is 0 Å². The van der Waals surface area contributed by atoms with Gasteiger partial charge >= 0.3 is 0 Å². The molecule has 0 heterocycles. The lowest BCUT2D eigenvalue weighted by Gasteiger charge is -2.21. The Morgan fingerprint density at radius 3 is 2.45 bits per heavy atom. The third-order valence-electron chi connectivity index (χ3n) is 3.14. The summed E-state index contributed by atoms with van der Waals surface area (Å²) in [6.07, 6.45) is 0. The fourth-order valence-corrected chi connectivity index (χ4v) is 2.50. The minimum atomic E-state index is -0.383. The minimum Gasteiger partial charge on any atom is -0.368 e. The number of nitrogens with two attached hydrogens (primary N) is 1. The molecule has 2 nitrogen and oxygen atoms in total. The van der Waals surface area contributed by atoms with E-state index in [9.17, 15) is 8.78 Å². The van der Waals surface area contributed by atoms with Gasteiger partial charge in [0.1, 0.15) is 5.82 Å². The monoisotopic (exact) mass is 340 g/mol. The van der Waals surface area contributed by atoms with Gasteiger partial charge in [0, 0.05) is 25.7 Å². The molecule has 2 rings (SSSR count). The lowest BCUT2D eigenvalue weighted by atomic mass is 10.1. The van der Waals surface area contributed by atoms with Crippen molar-refractivity contribution in [3.63, 3.8) is 0 Å². The van der Waals surface area contributed by atoms with E-state index in [2.05, 4.69) is 15.9 Å². The van der Waals surface area contributed by atoms with Crippen LogP contribution in [0.2, 0.25) is 0 Å².